The molecule has 8 heteroatoms. The van der Waals surface area contributed by atoms with Crippen LogP contribution in [0.3, 0.4) is 0 Å². The molecule has 190 valence electrons. The summed E-state index contributed by atoms with van der Waals surface area (Å²) >= 11 is 0. The molecule has 0 saturated carbocycles. The first-order chi connectivity index (χ1) is 18.1. The van der Waals surface area contributed by atoms with Gasteiger partial charge in [0.15, 0.2) is 0 Å². The number of ether oxygens (including phenoxy) is 1. The van der Waals surface area contributed by atoms with Crippen LogP contribution in [-0.2, 0) is 13.1 Å². The molecule has 0 atom stereocenters. The highest BCUT2D eigenvalue weighted by Gasteiger charge is 2.21. The third-order valence-corrected chi connectivity index (χ3v) is 6.65. The lowest BCUT2D eigenvalue weighted by Gasteiger charge is -2.34. The van der Waals surface area contributed by atoms with Gasteiger partial charge in [0.1, 0.15) is 17.3 Å². The number of nitrogens with zero attached hydrogens (tertiary/aromatic N) is 5. The maximum atomic E-state index is 13.5. The number of aromatic nitrogens is 3. The van der Waals surface area contributed by atoms with Gasteiger partial charge in [-0.3, -0.25) is 9.48 Å². The molecular weight excluding hydrogens is 464 g/mol. The first-order valence-corrected chi connectivity index (χ1v) is 12.5. The van der Waals surface area contributed by atoms with E-state index in [0.717, 1.165) is 48.7 Å². The second kappa shape index (κ2) is 11.3. The molecule has 0 unspecified atom stereocenters. The highest BCUT2D eigenvalue weighted by molar-refractivity contribution is 5.99. The standard InChI is InChI=1S/C29H32N6O2/c1-33-14-16-34(17-15-33)28-24(11-7-13-30-28)19-31-29(36)26-21-35(20-22-8-4-3-5-9-22)32-27(26)23-10-6-12-25(18-23)37-2/h3-13,18,21H,14-17,19-20H2,1-2H3,(H,31,36). The molecule has 0 spiro atoms. The third-order valence-electron chi connectivity index (χ3n) is 6.65. The number of carbonyl (C=O) groups excluding carboxylic acids is 1. The quantitative estimate of drug-likeness (QED) is 0.401. The number of pyridine rings is 1. The lowest BCUT2D eigenvalue weighted by Crippen LogP contribution is -2.45. The first-order valence-electron chi connectivity index (χ1n) is 12.5. The fraction of sp³-hybridized carbons (Fsp3) is 0.276. The van der Waals surface area contributed by atoms with Crippen molar-refractivity contribution in [2.45, 2.75) is 13.1 Å². The number of piperazine rings is 1. The van der Waals surface area contributed by atoms with Gasteiger partial charge < -0.3 is 19.9 Å². The van der Waals surface area contributed by atoms with Gasteiger partial charge in [-0.1, -0.05) is 48.5 Å². The Labute approximate surface area is 217 Å². The van der Waals surface area contributed by atoms with Crippen LogP contribution in [-0.4, -0.2) is 65.9 Å². The number of hydrogen-bond donors (Lipinski definition) is 1. The van der Waals surface area contributed by atoms with E-state index in [1.54, 1.807) is 7.11 Å². The molecule has 0 bridgehead atoms. The van der Waals surface area contributed by atoms with Gasteiger partial charge in [0.05, 0.1) is 19.2 Å². The number of nitrogens with one attached hydrogen (secondary N) is 1. The fourth-order valence-corrected chi connectivity index (χ4v) is 4.56. The van der Waals surface area contributed by atoms with E-state index in [4.69, 9.17) is 9.84 Å². The molecule has 2 aromatic carbocycles. The average molecular weight is 497 g/mol. The molecule has 1 N–H and O–H groups in total. The predicted molar refractivity (Wildman–Crippen MR) is 145 cm³/mol. The SMILES string of the molecule is COc1cccc(-c2nn(Cc3ccccc3)cc2C(=O)NCc2cccnc2N2CCN(C)CC2)c1. The predicted octanol–water partition coefficient (Wildman–Crippen LogP) is 3.68. The molecule has 5 rings (SSSR count). The number of anilines is 1. The Morgan fingerprint density at radius 3 is 2.59 bits per heavy atom. The summed E-state index contributed by atoms with van der Waals surface area (Å²) in [5, 5.41) is 7.92. The number of rotatable bonds is 8. The zero-order valence-electron chi connectivity index (χ0n) is 21.3. The van der Waals surface area contributed by atoms with Crippen LogP contribution >= 0.6 is 0 Å². The van der Waals surface area contributed by atoms with Crippen LogP contribution in [0.5, 0.6) is 5.75 Å². The molecule has 4 aromatic rings. The maximum absolute atomic E-state index is 13.5. The minimum Gasteiger partial charge on any atom is -0.497 e. The third kappa shape index (κ3) is 5.81. The van der Waals surface area contributed by atoms with E-state index in [9.17, 15) is 4.79 Å². The van der Waals surface area contributed by atoms with Crippen LogP contribution in [0.4, 0.5) is 5.82 Å². The summed E-state index contributed by atoms with van der Waals surface area (Å²) in [6.07, 6.45) is 3.63. The molecule has 1 aliphatic heterocycles. The molecule has 1 saturated heterocycles. The Balaban J connectivity index is 1.39. The first kappa shape index (κ1) is 24.5. The molecule has 2 aromatic heterocycles. The van der Waals surface area contributed by atoms with Gasteiger partial charge in [0, 0.05) is 56.2 Å². The molecule has 0 radical (unpaired) electrons. The molecule has 1 amide bonds. The van der Waals surface area contributed by atoms with Crippen LogP contribution < -0.4 is 15.0 Å². The van der Waals surface area contributed by atoms with E-state index in [-0.39, 0.29) is 5.91 Å². The lowest BCUT2D eigenvalue weighted by molar-refractivity contribution is 0.0951. The molecule has 0 aliphatic carbocycles. The summed E-state index contributed by atoms with van der Waals surface area (Å²) in [7, 11) is 3.77. The Morgan fingerprint density at radius 2 is 1.81 bits per heavy atom. The molecule has 3 heterocycles. The van der Waals surface area contributed by atoms with Gasteiger partial charge >= 0.3 is 0 Å². The topological polar surface area (TPSA) is 75.5 Å². The summed E-state index contributed by atoms with van der Waals surface area (Å²) in [5.41, 5.74) is 4.09. The normalized spacial score (nSPS) is 13.9. The number of benzene rings is 2. The molecule has 1 aliphatic rings. The van der Waals surface area contributed by atoms with Gasteiger partial charge in [-0.15, -0.1) is 0 Å². The van der Waals surface area contributed by atoms with E-state index >= 15 is 0 Å². The average Bonchev–Trinajstić information content (AvgIpc) is 3.37. The van der Waals surface area contributed by atoms with Gasteiger partial charge in [-0.25, -0.2) is 4.98 Å². The van der Waals surface area contributed by atoms with E-state index < -0.39 is 0 Å². The number of hydrogen-bond acceptors (Lipinski definition) is 6. The molecule has 37 heavy (non-hydrogen) atoms. The van der Waals surface area contributed by atoms with Gasteiger partial charge in [-0.2, -0.15) is 5.10 Å². The highest BCUT2D eigenvalue weighted by atomic mass is 16.5. The van der Waals surface area contributed by atoms with E-state index in [1.165, 1.54) is 0 Å². The number of methoxy groups -OCH3 is 1. The monoisotopic (exact) mass is 496 g/mol. The Morgan fingerprint density at radius 1 is 1.00 bits per heavy atom. The summed E-state index contributed by atoms with van der Waals surface area (Å²) < 4.78 is 7.23. The molecule has 1 fully saturated rings. The van der Waals surface area contributed by atoms with Gasteiger partial charge in [-0.05, 0) is 30.8 Å². The Bertz CT molecular complexity index is 1350. The van der Waals surface area contributed by atoms with Crippen molar-refractivity contribution >= 4 is 11.7 Å². The Hall–Kier alpha value is -4.17. The molecule has 8 nitrogen and oxygen atoms in total. The molecular formula is C29H32N6O2. The van der Waals surface area contributed by atoms with Crippen molar-refractivity contribution in [3.63, 3.8) is 0 Å². The van der Waals surface area contributed by atoms with Crippen molar-refractivity contribution in [1.82, 2.24) is 25.0 Å². The van der Waals surface area contributed by atoms with Crippen LogP contribution in [0.1, 0.15) is 21.5 Å². The maximum Gasteiger partial charge on any atom is 0.255 e. The van der Waals surface area contributed by atoms with Crippen LogP contribution in [0.25, 0.3) is 11.3 Å². The fourth-order valence-electron chi connectivity index (χ4n) is 4.56. The largest absolute Gasteiger partial charge is 0.497 e. The van der Waals surface area contributed by atoms with Crippen LogP contribution in [0.15, 0.2) is 79.1 Å². The van der Waals surface area contributed by atoms with Crippen molar-refractivity contribution in [2.24, 2.45) is 0 Å². The van der Waals surface area contributed by atoms with E-state index in [1.807, 2.05) is 71.7 Å². The summed E-state index contributed by atoms with van der Waals surface area (Å²) in [4.78, 5) is 22.8. The van der Waals surface area contributed by atoms with Crippen molar-refractivity contribution in [1.29, 1.82) is 0 Å². The van der Waals surface area contributed by atoms with Crippen LogP contribution in [0, 0.1) is 0 Å². The summed E-state index contributed by atoms with van der Waals surface area (Å²) in [6.45, 7) is 4.78. The smallest absolute Gasteiger partial charge is 0.255 e. The number of carbonyl (C=O) groups is 1. The van der Waals surface area contributed by atoms with Crippen molar-refractivity contribution in [2.75, 3.05) is 45.2 Å². The second-order valence-electron chi connectivity index (χ2n) is 9.27. The minimum absolute atomic E-state index is 0.176. The number of likely N-dealkylation sites (N-methyl/N-ethyl adjacent to an activating group) is 1. The van der Waals surface area contributed by atoms with E-state index in [0.29, 0.717) is 30.1 Å². The van der Waals surface area contributed by atoms with E-state index in [2.05, 4.69) is 39.3 Å². The minimum atomic E-state index is -0.176. The zero-order chi connectivity index (χ0) is 25.6. The van der Waals surface area contributed by atoms with Crippen molar-refractivity contribution in [3.05, 3.63) is 95.8 Å². The summed E-state index contributed by atoms with van der Waals surface area (Å²) in [5.74, 6) is 1.47. The Kier molecular flexibility index (Phi) is 7.46. The zero-order valence-corrected chi connectivity index (χ0v) is 21.3. The summed E-state index contributed by atoms with van der Waals surface area (Å²) in [6, 6.07) is 21.7. The van der Waals surface area contributed by atoms with Gasteiger partial charge in [0.2, 0.25) is 0 Å². The lowest BCUT2D eigenvalue weighted by atomic mass is 10.1. The van der Waals surface area contributed by atoms with Gasteiger partial charge in [0.25, 0.3) is 5.91 Å². The van der Waals surface area contributed by atoms with Crippen LogP contribution in [0.2, 0.25) is 0 Å². The number of amides is 1. The van der Waals surface area contributed by atoms with Crippen molar-refractivity contribution in [3.8, 4) is 17.0 Å². The highest BCUT2D eigenvalue weighted by Crippen LogP contribution is 2.27. The van der Waals surface area contributed by atoms with Crippen molar-refractivity contribution < 1.29 is 9.53 Å². The second-order valence-corrected chi connectivity index (χ2v) is 9.27.